The molecule has 6 heteroatoms. The molecule has 0 atom stereocenters. The van der Waals surface area contributed by atoms with Crippen molar-refractivity contribution in [2.24, 2.45) is 5.92 Å². The van der Waals surface area contributed by atoms with Gasteiger partial charge >= 0.3 is 0 Å². The molecule has 9 aromatic rings. The third-order valence-electron chi connectivity index (χ3n) is 11.8. The molecule has 0 aliphatic rings. The summed E-state index contributed by atoms with van der Waals surface area (Å²) in [5.41, 5.74) is 15.8. The average Bonchev–Trinajstić information content (AvgIpc) is 3.87. The van der Waals surface area contributed by atoms with E-state index in [9.17, 15) is 0 Å². The Morgan fingerprint density at radius 2 is 1.33 bits per heavy atom. The van der Waals surface area contributed by atoms with Crippen LogP contribution in [0.15, 0.2) is 152 Å². The normalized spacial score (nSPS) is 11.6. The van der Waals surface area contributed by atoms with Crippen LogP contribution in [0, 0.1) is 17.4 Å². The van der Waals surface area contributed by atoms with E-state index < -0.39 is 8.07 Å². The average molecular weight is 1050 g/mol. The zero-order valence-corrected chi connectivity index (χ0v) is 42.9. The van der Waals surface area contributed by atoms with Gasteiger partial charge in [-0.2, -0.15) is 0 Å². The molecule has 0 aliphatic heterocycles. The van der Waals surface area contributed by atoms with E-state index in [-0.39, 0.29) is 20.1 Å². The molecule has 0 amide bonds. The van der Waals surface area contributed by atoms with Crippen LogP contribution in [0.25, 0.3) is 60.6 Å². The fourth-order valence-corrected chi connectivity index (χ4v) is 11.1. The molecule has 0 saturated heterocycles. The summed E-state index contributed by atoms with van der Waals surface area (Å²) in [6.07, 6.45) is 4.14. The van der Waals surface area contributed by atoms with Gasteiger partial charge in [-0.25, -0.2) is 0 Å². The Morgan fingerprint density at radius 1 is 0.672 bits per heavy atom. The van der Waals surface area contributed by atoms with Gasteiger partial charge in [0, 0.05) is 32.0 Å². The Morgan fingerprint density at radius 3 is 1.97 bits per heavy atom. The molecule has 0 bridgehead atoms. The molecule has 0 N–H and O–H groups in total. The molecule has 9 rings (SSSR count). The van der Waals surface area contributed by atoms with Crippen molar-refractivity contribution in [3.63, 3.8) is 0 Å². The third kappa shape index (κ3) is 10.3. The van der Waals surface area contributed by atoms with Gasteiger partial charge in [0.05, 0.1) is 24.9 Å². The molecule has 0 unspecified atom stereocenters. The summed E-state index contributed by atoms with van der Waals surface area (Å²) in [5, 5.41) is 6.39. The minimum atomic E-state index is -1.34. The summed E-state index contributed by atoms with van der Waals surface area (Å²) in [7, 11) is -1.34. The van der Waals surface area contributed by atoms with Gasteiger partial charge in [0.15, 0.2) is 0 Å². The molecule has 6 aromatic carbocycles. The fourth-order valence-electron chi connectivity index (χ4n) is 8.65. The topological polar surface area (TPSA) is 30.7 Å². The minimum Gasteiger partial charge on any atom is -0.333 e. The Hall–Kier alpha value is -5.23. The van der Waals surface area contributed by atoms with Gasteiger partial charge in [0.25, 0.3) is 0 Å². The third-order valence-corrected chi connectivity index (χ3v) is 14.7. The number of hydrogen-bond acceptors (Lipinski definition) is 3. The first-order chi connectivity index (χ1) is 30.4. The van der Waals surface area contributed by atoms with Crippen molar-refractivity contribution < 1.29 is 20.1 Å². The summed E-state index contributed by atoms with van der Waals surface area (Å²) in [6.45, 7) is 21.0. The quantitative estimate of drug-likeness (QED) is 0.0955. The zero-order chi connectivity index (χ0) is 44.3. The van der Waals surface area contributed by atoms with E-state index in [1.165, 1.54) is 59.9 Å². The number of benzene rings is 6. The molecule has 0 fully saturated rings. The first-order valence-electron chi connectivity index (χ1n) is 22.5. The van der Waals surface area contributed by atoms with Crippen LogP contribution in [0.3, 0.4) is 0 Å². The van der Waals surface area contributed by atoms with Crippen LogP contribution in [0.1, 0.15) is 81.2 Å². The Labute approximate surface area is 400 Å². The van der Waals surface area contributed by atoms with Crippen LogP contribution in [0.2, 0.25) is 19.6 Å². The van der Waals surface area contributed by atoms with Crippen molar-refractivity contribution in [2.45, 2.75) is 85.9 Å². The van der Waals surface area contributed by atoms with E-state index in [0.29, 0.717) is 17.8 Å². The van der Waals surface area contributed by atoms with E-state index in [4.69, 9.17) is 4.98 Å². The molecule has 1 radical (unpaired) electrons. The number of fused-ring (bicyclic) bond motifs is 2. The SMILES string of the molecule is CC(C)Cc1cc(-c2[c-]cccc2)ncc1[Si](C)(C)C.CC(C)c1cc(-c2ccccc2)cc(C(C)C)c1-n1c(-c2[c-]sc3ccc(Cc4ccccc4)cc23)nc2ccccc21.[Ir]. The van der Waals surface area contributed by atoms with E-state index in [2.05, 4.69) is 216 Å². The van der Waals surface area contributed by atoms with Gasteiger partial charge in [-0.1, -0.05) is 179 Å². The zero-order valence-electron chi connectivity index (χ0n) is 38.7. The Balaban J connectivity index is 0.000000246. The molecule has 0 aliphatic carbocycles. The number of imidazole rings is 1. The molecule has 64 heavy (non-hydrogen) atoms. The van der Waals surface area contributed by atoms with Crippen LogP contribution < -0.4 is 5.19 Å². The second-order valence-corrected chi connectivity index (χ2v) is 24.7. The maximum absolute atomic E-state index is 5.32. The van der Waals surface area contributed by atoms with Gasteiger partial charge in [-0.3, -0.25) is 16.3 Å². The second-order valence-electron chi connectivity index (χ2n) is 18.9. The summed E-state index contributed by atoms with van der Waals surface area (Å²) in [5.74, 6) is 2.28. The van der Waals surface area contributed by atoms with Gasteiger partial charge in [-0.05, 0) is 93.6 Å². The van der Waals surface area contributed by atoms with Crippen molar-refractivity contribution in [1.82, 2.24) is 14.5 Å². The number of aromatic nitrogens is 3. The number of rotatable bonds is 11. The van der Waals surface area contributed by atoms with Crippen molar-refractivity contribution in [2.75, 3.05) is 0 Å². The first kappa shape index (κ1) is 46.7. The monoisotopic (exact) mass is 1050 g/mol. The van der Waals surface area contributed by atoms with Crippen LogP contribution in [-0.2, 0) is 32.9 Å². The smallest absolute Gasteiger partial charge is 0.0798 e. The number of nitrogens with zero attached hydrogens (tertiary/aromatic N) is 3. The predicted molar refractivity (Wildman–Crippen MR) is 274 cm³/mol. The maximum Gasteiger partial charge on any atom is 0.0798 e. The number of thiophene rings is 1. The van der Waals surface area contributed by atoms with E-state index in [0.717, 1.165) is 46.5 Å². The molecule has 3 heterocycles. The van der Waals surface area contributed by atoms with Crippen molar-refractivity contribution in [3.8, 4) is 39.5 Å². The standard InChI is InChI=1S/C40H35N2S.C18H24NSi.Ir/c1-26(2)32-23-31(30-15-9-6-10-16-30)24-33(27(3)4)39(32)42-37-18-12-11-17-36(37)41-40(42)35-25-43-38-20-19-29(22-34(35)38)21-28-13-7-5-8-14-28;1-14(2)11-16-12-17(15-9-7-6-8-10-15)19-13-18(16)20(3,4)5;/h5-20,22-24,26-27H,21H2,1-4H3;6-9,12-14H,11H2,1-5H3;/q2*-1;. The predicted octanol–water partition coefficient (Wildman–Crippen LogP) is 15.5. The molecular formula is C58H59IrN3SSi-2. The molecule has 3 nitrogen and oxygen atoms in total. The molecule has 327 valence electrons. The molecule has 3 aromatic heterocycles. The van der Waals surface area contributed by atoms with Crippen molar-refractivity contribution in [1.29, 1.82) is 0 Å². The summed E-state index contributed by atoms with van der Waals surface area (Å²) in [4.78, 5) is 10.0. The Kier molecular flexibility index (Phi) is 14.8. The van der Waals surface area contributed by atoms with Crippen LogP contribution in [0.5, 0.6) is 0 Å². The van der Waals surface area contributed by atoms with Gasteiger partial charge in [0.1, 0.15) is 0 Å². The van der Waals surface area contributed by atoms with Gasteiger partial charge < -0.3 is 9.55 Å². The van der Waals surface area contributed by atoms with E-state index >= 15 is 0 Å². The van der Waals surface area contributed by atoms with Crippen molar-refractivity contribution >= 4 is 45.7 Å². The van der Waals surface area contributed by atoms with Crippen molar-refractivity contribution in [3.05, 3.63) is 191 Å². The van der Waals surface area contributed by atoms with Gasteiger partial charge in [0.2, 0.25) is 0 Å². The largest absolute Gasteiger partial charge is 0.333 e. The minimum absolute atomic E-state index is 0. The van der Waals surface area contributed by atoms with Crippen LogP contribution in [0.4, 0.5) is 0 Å². The fraction of sp³-hybridized carbons (Fsp3) is 0.241. The van der Waals surface area contributed by atoms with Crippen LogP contribution in [-0.4, -0.2) is 22.6 Å². The molecule has 0 spiro atoms. The number of para-hydroxylation sites is 2. The second kappa shape index (κ2) is 20.3. The Bertz CT molecular complexity index is 2930. The summed E-state index contributed by atoms with van der Waals surface area (Å²) < 4.78 is 3.66. The molecule has 0 saturated carbocycles. The van der Waals surface area contributed by atoms with E-state index in [1.54, 1.807) is 11.3 Å². The number of hydrogen-bond donors (Lipinski definition) is 0. The van der Waals surface area contributed by atoms with Crippen LogP contribution >= 0.6 is 11.3 Å². The summed E-state index contributed by atoms with van der Waals surface area (Å²) >= 11 is 1.68. The first-order valence-corrected chi connectivity index (χ1v) is 26.8. The molecular weight excluding hydrogens is 991 g/mol. The van der Waals surface area contributed by atoms with E-state index in [1.807, 2.05) is 18.2 Å². The summed E-state index contributed by atoms with van der Waals surface area (Å²) in [6, 6.07) is 55.3. The van der Waals surface area contributed by atoms with Gasteiger partial charge in [-0.15, -0.1) is 47.3 Å². The number of pyridine rings is 1. The maximum atomic E-state index is 5.32.